The van der Waals surface area contributed by atoms with Gasteiger partial charge in [-0.05, 0) is 12.1 Å². The summed E-state index contributed by atoms with van der Waals surface area (Å²) in [5.41, 5.74) is 1.37. The molecule has 4 nitrogen and oxygen atoms in total. The van der Waals surface area contributed by atoms with Crippen LogP contribution in [-0.2, 0) is 17.8 Å². The first-order valence-corrected chi connectivity index (χ1v) is 6.71. The highest BCUT2D eigenvalue weighted by Gasteiger charge is 2.08. The van der Waals surface area contributed by atoms with Crippen LogP contribution in [0.2, 0.25) is 5.02 Å². The second-order valence-corrected chi connectivity index (χ2v) is 4.81. The number of methoxy groups -OCH3 is 1. The first-order valence-electron chi connectivity index (χ1n) is 6.34. The van der Waals surface area contributed by atoms with Gasteiger partial charge in [-0.2, -0.15) is 0 Å². The lowest BCUT2D eigenvalue weighted by atomic mass is 10.2. The minimum Gasteiger partial charge on any atom is -0.383 e. The quantitative estimate of drug-likeness (QED) is 0.798. The zero-order chi connectivity index (χ0) is 14.4. The summed E-state index contributed by atoms with van der Waals surface area (Å²) >= 11 is 6.00. The Balaban J connectivity index is 1.96. The van der Waals surface area contributed by atoms with Gasteiger partial charge in [0.15, 0.2) is 0 Å². The molecule has 0 aliphatic rings. The van der Waals surface area contributed by atoms with Crippen LogP contribution in [0.3, 0.4) is 0 Å². The third-order valence-electron chi connectivity index (χ3n) is 2.88. The summed E-state index contributed by atoms with van der Waals surface area (Å²) in [5.74, 6) is -0.300. The van der Waals surface area contributed by atoms with E-state index in [0.29, 0.717) is 30.3 Å². The molecule has 0 radical (unpaired) electrons. The number of ether oxygens (including phenoxy) is 1. The van der Waals surface area contributed by atoms with Crippen LogP contribution in [0.15, 0.2) is 30.7 Å². The van der Waals surface area contributed by atoms with Crippen LogP contribution in [0, 0.1) is 5.82 Å². The van der Waals surface area contributed by atoms with Crippen LogP contribution < -0.4 is 5.32 Å². The third kappa shape index (κ3) is 4.03. The fourth-order valence-corrected chi connectivity index (χ4v) is 2.06. The molecule has 0 aliphatic heterocycles. The Morgan fingerprint density at radius 1 is 1.45 bits per heavy atom. The minimum atomic E-state index is -0.300. The lowest BCUT2D eigenvalue weighted by Crippen LogP contribution is -2.18. The van der Waals surface area contributed by atoms with Gasteiger partial charge in [0.2, 0.25) is 0 Å². The lowest BCUT2D eigenvalue weighted by Gasteiger charge is -2.06. The van der Waals surface area contributed by atoms with Crippen molar-refractivity contribution in [1.29, 1.82) is 0 Å². The summed E-state index contributed by atoms with van der Waals surface area (Å²) in [6.07, 6.45) is 3.55. The number of aromatic nitrogens is 2. The predicted molar refractivity (Wildman–Crippen MR) is 76.3 cm³/mol. The zero-order valence-electron chi connectivity index (χ0n) is 11.3. The molecule has 0 amide bonds. The predicted octanol–water partition coefficient (Wildman–Crippen LogP) is 2.46. The van der Waals surface area contributed by atoms with Gasteiger partial charge < -0.3 is 14.6 Å². The maximum atomic E-state index is 13.7. The fourth-order valence-electron chi connectivity index (χ4n) is 1.84. The summed E-state index contributed by atoms with van der Waals surface area (Å²) < 4.78 is 20.4. The number of hydrogen-bond donors (Lipinski definition) is 1. The number of nitrogens with one attached hydrogen (secondary N) is 1. The van der Waals surface area contributed by atoms with E-state index in [1.54, 1.807) is 25.6 Å². The van der Waals surface area contributed by atoms with Crippen LogP contribution >= 0.6 is 11.6 Å². The lowest BCUT2D eigenvalue weighted by molar-refractivity contribution is 0.199. The van der Waals surface area contributed by atoms with Crippen molar-refractivity contribution in [1.82, 2.24) is 14.9 Å². The molecule has 0 saturated heterocycles. The maximum Gasteiger partial charge on any atom is 0.129 e. The summed E-state index contributed by atoms with van der Waals surface area (Å²) in [5, 5.41) is 3.63. The number of imidazole rings is 1. The molecule has 0 saturated carbocycles. The Labute approximate surface area is 122 Å². The molecule has 1 heterocycles. The topological polar surface area (TPSA) is 39.1 Å². The molecule has 1 N–H and O–H groups in total. The molecular weight excluding hydrogens is 281 g/mol. The molecule has 0 bridgehead atoms. The van der Waals surface area contributed by atoms with Gasteiger partial charge in [-0.3, -0.25) is 0 Å². The number of benzene rings is 1. The molecule has 2 aromatic rings. The smallest absolute Gasteiger partial charge is 0.129 e. The summed E-state index contributed by atoms with van der Waals surface area (Å²) in [4.78, 5) is 4.26. The van der Waals surface area contributed by atoms with Crippen molar-refractivity contribution >= 4 is 11.6 Å². The van der Waals surface area contributed by atoms with Crippen molar-refractivity contribution in [2.75, 3.05) is 20.3 Å². The van der Waals surface area contributed by atoms with E-state index in [1.807, 2.05) is 10.8 Å². The van der Waals surface area contributed by atoms with E-state index in [-0.39, 0.29) is 5.82 Å². The highest BCUT2D eigenvalue weighted by atomic mass is 35.5. The Kier molecular flexibility index (Phi) is 5.52. The average molecular weight is 298 g/mol. The zero-order valence-corrected chi connectivity index (χ0v) is 12.0. The first kappa shape index (κ1) is 15.0. The molecule has 6 heteroatoms. The van der Waals surface area contributed by atoms with Gasteiger partial charge >= 0.3 is 0 Å². The maximum absolute atomic E-state index is 13.7. The first-order chi connectivity index (χ1) is 9.70. The van der Waals surface area contributed by atoms with E-state index in [1.165, 1.54) is 6.07 Å². The van der Waals surface area contributed by atoms with Crippen LogP contribution in [0.1, 0.15) is 11.3 Å². The highest BCUT2D eigenvalue weighted by molar-refractivity contribution is 6.31. The molecule has 2 rings (SSSR count). The van der Waals surface area contributed by atoms with Crippen molar-refractivity contribution in [3.63, 3.8) is 0 Å². The fraction of sp³-hybridized carbons (Fsp3) is 0.357. The monoisotopic (exact) mass is 297 g/mol. The van der Waals surface area contributed by atoms with E-state index in [2.05, 4.69) is 10.3 Å². The van der Waals surface area contributed by atoms with E-state index in [4.69, 9.17) is 16.3 Å². The van der Waals surface area contributed by atoms with E-state index >= 15 is 0 Å². The standard InChI is InChI=1S/C14H17ClFN3O/c1-20-6-5-17-7-11-8-19(10-18-11)9-12-13(15)3-2-4-14(12)16/h2-4,8,10,17H,5-7,9H2,1H3. The molecule has 1 aromatic heterocycles. The molecule has 0 aliphatic carbocycles. The van der Waals surface area contributed by atoms with Crippen molar-refractivity contribution in [3.8, 4) is 0 Å². The third-order valence-corrected chi connectivity index (χ3v) is 3.23. The van der Waals surface area contributed by atoms with Crippen molar-refractivity contribution in [3.05, 3.63) is 52.8 Å². The van der Waals surface area contributed by atoms with Gasteiger partial charge in [0.1, 0.15) is 5.82 Å². The van der Waals surface area contributed by atoms with Gasteiger partial charge in [0, 0.05) is 37.0 Å². The van der Waals surface area contributed by atoms with Crippen LogP contribution in [-0.4, -0.2) is 29.8 Å². The normalized spacial score (nSPS) is 10.9. The Morgan fingerprint density at radius 2 is 2.30 bits per heavy atom. The van der Waals surface area contributed by atoms with Gasteiger partial charge in [0.05, 0.1) is 25.2 Å². The van der Waals surface area contributed by atoms with Crippen molar-refractivity contribution < 1.29 is 9.13 Å². The van der Waals surface area contributed by atoms with Crippen molar-refractivity contribution in [2.24, 2.45) is 0 Å². The highest BCUT2D eigenvalue weighted by Crippen LogP contribution is 2.20. The van der Waals surface area contributed by atoms with Gasteiger partial charge in [-0.25, -0.2) is 9.37 Å². The van der Waals surface area contributed by atoms with Crippen LogP contribution in [0.25, 0.3) is 0 Å². The van der Waals surface area contributed by atoms with Gasteiger partial charge in [-0.1, -0.05) is 17.7 Å². The van der Waals surface area contributed by atoms with Gasteiger partial charge in [0.25, 0.3) is 0 Å². The number of hydrogen-bond acceptors (Lipinski definition) is 3. The number of nitrogens with zero attached hydrogens (tertiary/aromatic N) is 2. The Hall–Kier alpha value is -1.43. The van der Waals surface area contributed by atoms with Gasteiger partial charge in [-0.15, -0.1) is 0 Å². The van der Waals surface area contributed by atoms with Crippen LogP contribution in [0.4, 0.5) is 4.39 Å². The molecule has 108 valence electrons. The molecule has 20 heavy (non-hydrogen) atoms. The summed E-state index contributed by atoms with van der Waals surface area (Å²) in [6, 6.07) is 4.69. The summed E-state index contributed by atoms with van der Waals surface area (Å²) in [7, 11) is 1.66. The Morgan fingerprint density at radius 3 is 3.05 bits per heavy atom. The molecule has 0 unspecified atom stereocenters. The molecule has 0 atom stereocenters. The summed E-state index contributed by atoms with van der Waals surface area (Å²) in [6.45, 7) is 2.45. The molecule has 1 aromatic carbocycles. The van der Waals surface area contributed by atoms with Crippen molar-refractivity contribution in [2.45, 2.75) is 13.1 Å². The minimum absolute atomic E-state index is 0.300. The van der Waals surface area contributed by atoms with Crippen LogP contribution in [0.5, 0.6) is 0 Å². The number of halogens is 2. The SMILES string of the molecule is COCCNCc1cn(Cc2c(F)cccc2Cl)cn1. The Bertz CT molecular complexity index is 539. The second-order valence-electron chi connectivity index (χ2n) is 4.41. The van der Waals surface area contributed by atoms with E-state index < -0.39 is 0 Å². The molecule has 0 fully saturated rings. The largest absolute Gasteiger partial charge is 0.383 e. The van der Waals surface area contributed by atoms with E-state index in [9.17, 15) is 4.39 Å². The number of rotatable bonds is 7. The average Bonchev–Trinajstić information content (AvgIpc) is 2.87. The molecule has 0 spiro atoms. The second kappa shape index (κ2) is 7.38. The molecular formula is C14H17ClFN3O. The van der Waals surface area contributed by atoms with E-state index in [0.717, 1.165) is 12.2 Å².